The summed E-state index contributed by atoms with van der Waals surface area (Å²) in [6, 6.07) is 13.9. The fourth-order valence-corrected chi connectivity index (χ4v) is 2.87. The number of aromatic nitrogens is 1. The molecule has 1 aromatic heterocycles. The second-order valence-corrected chi connectivity index (χ2v) is 5.75. The normalized spacial score (nSPS) is 15.1. The van der Waals surface area contributed by atoms with E-state index in [-0.39, 0.29) is 23.5 Å². The molecule has 122 valence electrons. The summed E-state index contributed by atoms with van der Waals surface area (Å²) in [7, 11) is 0. The maximum absolute atomic E-state index is 12.5. The minimum atomic E-state index is -0.0301. The monoisotopic (exact) mass is 351 g/mol. The summed E-state index contributed by atoms with van der Waals surface area (Å²) in [6.07, 6.45) is 1.59. The van der Waals surface area contributed by atoms with Gasteiger partial charge in [-0.05, 0) is 17.7 Å². The lowest BCUT2D eigenvalue weighted by Gasteiger charge is -2.34. The number of pyridine rings is 1. The molecular weight excluding hydrogens is 333 g/mol. The second-order valence-electron chi connectivity index (χ2n) is 5.40. The van der Waals surface area contributed by atoms with Crippen LogP contribution in [0.4, 0.5) is 0 Å². The molecule has 0 atom stereocenters. The van der Waals surface area contributed by atoms with Crippen molar-refractivity contribution >= 4 is 29.9 Å². The summed E-state index contributed by atoms with van der Waals surface area (Å²) in [6.45, 7) is 4.11. The fourth-order valence-electron chi connectivity index (χ4n) is 2.67. The SMILES string of the molecule is Cl.O=C(c1cccnc1Cl)N1CCN(Cc2ccccc2)CC1. The highest BCUT2D eigenvalue weighted by molar-refractivity contribution is 6.32. The molecule has 2 heterocycles. The van der Waals surface area contributed by atoms with E-state index in [0.717, 1.165) is 32.7 Å². The van der Waals surface area contributed by atoms with E-state index in [1.807, 2.05) is 11.0 Å². The zero-order valence-electron chi connectivity index (χ0n) is 12.7. The first-order valence-electron chi connectivity index (χ1n) is 7.40. The van der Waals surface area contributed by atoms with E-state index >= 15 is 0 Å². The van der Waals surface area contributed by atoms with Crippen molar-refractivity contribution in [3.05, 3.63) is 64.9 Å². The topological polar surface area (TPSA) is 36.4 Å². The van der Waals surface area contributed by atoms with Gasteiger partial charge in [0.15, 0.2) is 0 Å². The Morgan fingerprint density at radius 2 is 1.74 bits per heavy atom. The molecule has 6 heteroatoms. The van der Waals surface area contributed by atoms with Crippen molar-refractivity contribution in [1.29, 1.82) is 0 Å². The minimum Gasteiger partial charge on any atom is -0.336 e. The van der Waals surface area contributed by atoms with Crippen molar-refractivity contribution in [2.45, 2.75) is 6.54 Å². The van der Waals surface area contributed by atoms with Gasteiger partial charge in [-0.3, -0.25) is 9.69 Å². The molecule has 1 saturated heterocycles. The van der Waals surface area contributed by atoms with Crippen molar-refractivity contribution in [2.75, 3.05) is 26.2 Å². The summed E-state index contributed by atoms with van der Waals surface area (Å²) in [5.41, 5.74) is 1.79. The molecule has 0 radical (unpaired) electrons. The Bertz CT molecular complexity index is 643. The predicted molar refractivity (Wildman–Crippen MR) is 94.1 cm³/mol. The van der Waals surface area contributed by atoms with Crippen LogP contribution in [-0.4, -0.2) is 46.9 Å². The van der Waals surface area contributed by atoms with Crippen molar-refractivity contribution < 1.29 is 4.79 Å². The summed E-state index contributed by atoms with van der Waals surface area (Å²) in [4.78, 5) is 20.7. The molecule has 1 amide bonds. The van der Waals surface area contributed by atoms with Crippen LogP contribution in [0.15, 0.2) is 48.7 Å². The number of rotatable bonds is 3. The molecule has 1 fully saturated rings. The lowest BCUT2D eigenvalue weighted by atomic mass is 10.2. The van der Waals surface area contributed by atoms with Gasteiger partial charge in [0.25, 0.3) is 5.91 Å². The number of halogens is 2. The maximum atomic E-state index is 12.5. The molecule has 1 aromatic carbocycles. The van der Waals surface area contributed by atoms with Gasteiger partial charge in [0, 0.05) is 38.9 Å². The third kappa shape index (κ3) is 4.44. The van der Waals surface area contributed by atoms with Gasteiger partial charge in [-0.1, -0.05) is 41.9 Å². The van der Waals surface area contributed by atoms with E-state index in [1.54, 1.807) is 18.3 Å². The van der Waals surface area contributed by atoms with Crippen molar-refractivity contribution in [3.63, 3.8) is 0 Å². The van der Waals surface area contributed by atoms with Crippen LogP contribution in [0.3, 0.4) is 0 Å². The lowest BCUT2D eigenvalue weighted by Crippen LogP contribution is -2.48. The minimum absolute atomic E-state index is 0. The van der Waals surface area contributed by atoms with Gasteiger partial charge in [-0.2, -0.15) is 0 Å². The van der Waals surface area contributed by atoms with Gasteiger partial charge in [-0.25, -0.2) is 4.98 Å². The van der Waals surface area contributed by atoms with Crippen molar-refractivity contribution in [2.24, 2.45) is 0 Å². The van der Waals surface area contributed by atoms with Crippen molar-refractivity contribution in [3.8, 4) is 0 Å². The van der Waals surface area contributed by atoms with Crippen LogP contribution in [0.2, 0.25) is 5.15 Å². The van der Waals surface area contributed by atoms with E-state index in [4.69, 9.17) is 11.6 Å². The molecule has 1 aliphatic heterocycles. The first-order valence-corrected chi connectivity index (χ1v) is 7.78. The molecule has 0 spiro atoms. The number of nitrogens with zero attached hydrogens (tertiary/aromatic N) is 3. The number of hydrogen-bond acceptors (Lipinski definition) is 3. The third-order valence-electron chi connectivity index (χ3n) is 3.90. The first kappa shape index (κ1) is 17.7. The van der Waals surface area contributed by atoms with Crippen molar-refractivity contribution in [1.82, 2.24) is 14.8 Å². The molecule has 0 unspecified atom stereocenters. The van der Waals surface area contributed by atoms with Gasteiger partial charge in [0.2, 0.25) is 0 Å². The summed E-state index contributed by atoms with van der Waals surface area (Å²) < 4.78 is 0. The van der Waals surface area contributed by atoms with Gasteiger partial charge in [0.1, 0.15) is 5.15 Å². The number of carbonyl (C=O) groups excluding carboxylic acids is 1. The van der Waals surface area contributed by atoms with E-state index in [9.17, 15) is 4.79 Å². The Balaban J connectivity index is 0.00000192. The molecule has 0 bridgehead atoms. The van der Waals surface area contributed by atoms with Gasteiger partial charge >= 0.3 is 0 Å². The first-order chi connectivity index (χ1) is 10.7. The number of benzene rings is 1. The fraction of sp³-hybridized carbons (Fsp3) is 0.294. The molecule has 23 heavy (non-hydrogen) atoms. The third-order valence-corrected chi connectivity index (χ3v) is 4.20. The van der Waals surface area contributed by atoms with E-state index in [0.29, 0.717) is 5.56 Å². The number of piperazine rings is 1. The van der Waals surface area contributed by atoms with Crippen LogP contribution < -0.4 is 0 Å². The highest BCUT2D eigenvalue weighted by atomic mass is 35.5. The zero-order valence-corrected chi connectivity index (χ0v) is 14.3. The van der Waals surface area contributed by atoms with Crippen LogP contribution >= 0.6 is 24.0 Å². The van der Waals surface area contributed by atoms with Crippen LogP contribution in [-0.2, 0) is 6.54 Å². The molecular formula is C17H19Cl2N3O. The Morgan fingerprint density at radius 1 is 1.04 bits per heavy atom. The van der Waals surface area contributed by atoms with E-state index < -0.39 is 0 Å². The number of hydrogen-bond donors (Lipinski definition) is 0. The lowest BCUT2D eigenvalue weighted by molar-refractivity contribution is 0.0628. The largest absolute Gasteiger partial charge is 0.336 e. The standard InChI is InChI=1S/C17H18ClN3O.ClH/c18-16-15(7-4-8-19-16)17(22)21-11-9-20(10-12-21)13-14-5-2-1-3-6-14;/h1-8H,9-13H2;1H. The average molecular weight is 352 g/mol. The molecule has 0 saturated carbocycles. The van der Waals surface area contributed by atoms with Crippen LogP contribution in [0, 0.1) is 0 Å². The van der Waals surface area contributed by atoms with Gasteiger partial charge in [-0.15, -0.1) is 12.4 Å². The maximum Gasteiger partial charge on any atom is 0.257 e. The predicted octanol–water partition coefficient (Wildman–Crippen LogP) is 3.11. The quantitative estimate of drug-likeness (QED) is 0.797. The highest BCUT2D eigenvalue weighted by Gasteiger charge is 2.23. The Morgan fingerprint density at radius 3 is 2.39 bits per heavy atom. The molecule has 1 aliphatic rings. The second kappa shape index (κ2) is 8.29. The zero-order chi connectivity index (χ0) is 15.4. The molecule has 4 nitrogen and oxygen atoms in total. The summed E-state index contributed by atoms with van der Waals surface area (Å²) >= 11 is 6.01. The van der Waals surface area contributed by atoms with Gasteiger partial charge in [0.05, 0.1) is 5.56 Å². The Labute approximate surface area is 147 Å². The Kier molecular flexibility index (Phi) is 6.39. The number of carbonyl (C=O) groups is 1. The molecule has 0 aliphatic carbocycles. The van der Waals surface area contributed by atoms with Crippen LogP contribution in [0.1, 0.15) is 15.9 Å². The summed E-state index contributed by atoms with van der Waals surface area (Å²) in [5, 5.41) is 0.277. The van der Waals surface area contributed by atoms with E-state index in [1.165, 1.54) is 5.56 Å². The van der Waals surface area contributed by atoms with E-state index in [2.05, 4.69) is 34.1 Å². The smallest absolute Gasteiger partial charge is 0.257 e. The molecule has 3 rings (SSSR count). The van der Waals surface area contributed by atoms with Gasteiger partial charge < -0.3 is 4.90 Å². The van der Waals surface area contributed by atoms with Crippen LogP contribution in [0.5, 0.6) is 0 Å². The Hall–Kier alpha value is -1.62. The summed E-state index contributed by atoms with van der Waals surface area (Å²) in [5.74, 6) is -0.0301. The highest BCUT2D eigenvalue weighted by Crippen LogP contribution is 2.16. The van der Waals surface area contributed by atoms with Crippen LogP contribution in [0.25, 0.3) is 0 Å². The number of amides is 1. The average Bonchev–Trinajstić information content (AvgIpc) is 2.56. The molecule has 0 N–H and O–H groups in total. The molecule has 2 aromatic rings.